The van der Waals surface area contributed by atoms with E-state index in [4.69, 9.17) is 24.6 Å². The van der Waals surface area contributed by atoms with E-state index in [-0.39, 0.29) is 0 Å². The number of fused-ring (bicyclic) bond motifs is 6. The van der Waals surface area contributed by atoms with Gasteiger partial charge in [0.15, 0.2) is 5.84 Å². The second kappa shape index (κ2) is 10.7. The quantitative estimate of drug-likeness (QED) is 0.166. The molecule has 0 atom stereocenters. The van der Waals surface area contributed by atoms with Crippen molar-refractivity contribution in [1.29, 1.82) is 0 Å². The van der Waals surface area contributed by atoms with Gasteiger partial charge < -0.3 is 14.6 Å². The number of rotatable bonds is 5. The van der Waals surface area contributed by atoms with E-state index in [0.29, 0.717) is 18.2 Å². The van der Waals surface area contributed by atoms with Crippen molar-refractivity contribution in [2.75, 3.05) is 0 Å². The molecule has 0 bridgehead atoms. The molecule has 5 nitrogen and oxygen atoms in total. The van der Waals surface area contributed by atoms with Gasteiger partial charge in [0, 0.05) is 27.1 Å². The summed E-state index contributed by atoms with van der Waals surface area (Å²) in [4.78, 5) is 9.99. The highest BCUT2D eigenvalue weighted by Gasteiger charge is 2.18. The molecule has 44 heavy (non-hydrogen) atoms. The number of hydrogen-bond donors (Lipinski definition) is 1. The number of para-hydroxylation sites is 2. The predicted octanol–water partition coefficient (Wildman–Crippen LogP) is 9.50. The minimum absolute atomic E-state index is 0.352. The van der Waals surface area contributed by atoms with E-state index in [1.165, 1.54) is 0 Å². The maximum atomic E-state index is 6.86. The molecule has 0 aliphatic heterocycles. The SMILES string of the molecule is NC(=NC(=NCc1ccccc1)c1cccc2c1oc1ccccc12)c1cccc2oc3cc(-c4ccccc4)ccc3c12. The van der Waals surface area contributed by atoms with Gasteiger partial charge in [-0.15, -0.1) is 0 Å². The summed E-state index contributed by atoms with van der Waals surface area (Å²) in [5, 5.41) is 3.97. The normalized spacial score (nSPS) is 12.5. The Hall–Kier alpha value is -5.94. The van der Waals surface area contributed by atoms with Crippen molar-refractivity contribution in [1.82, 2.24) is 0 Å². The van der Waals surface area contributed by atoms with Gasteiger partial charge in [0.2, 0.25) is 0 Å². The molecule has 210 valence electrons. The molecule has 0 fully saturated rings. The van der Waals surface area contributed by atoms with Gasteiger partial charge in [0.1, 0.15) is 28.2 Å². The molecule has 0 aliphatic rings. The molecule has 8 aromatic rings. The number of nitrogens with two attached hydrogens (primary N) is 1. The molecule has 6 aromatic carbocycles. The van der Waals surface area contributed by atoms with Gasteiger partial charge in [0.25, 0.3) is 0 Å². The zero-order chi connectivity index (χ0) is 29.5. The van der Waals surface area contributed by atoms with Crippen molar-refractivity contribution in [3.05, 3.63) is 156 Å². The molecule has 0 saturated heterocycles. The summed E-state index contributed by atoms with van der Waals surface area (Å²) in [6, 6.07) is 46.7. The Kier molecular flexibility index (Phi) is 6.27. The first-order valence-corrected chi connectivity index (χ1v) is 14.6. The van der Waals surface area contributed by atoms with Crippen LogP contribution in [-0.2, 0) is 6.54 Å². The number of hydrogen-bond acceptors (Lipinski definition) is 3. The molecule has 0 saturated carbocycles. The Morgan fingerprint density at radius 3 is 2.11 bits per heavy atom. The largest absolute Gasteiger partial charge is 0.456 e. The predicted molar refractivity (Wildman–Crippen MR) is 180 cm³/mol. The zero-order valence-corrected chi connectivity index (χ0v) is 23.8. The van der Waals surface area contributed by atoms with Crippen LogP contribution in [0.4, 0.5) is 0 Å². The summed E-state index contributed by atoms with van der Waals surface area (Å²) in [5.74, 6) is 0.859. The van der Waals surface area contributed by atoms with Crippen molar-refractivity contribution in [2.24, 2.45) is 15.7 Å². The summed E-state index contributed by atoms with van der Waals surface area (Å²) < 4.78 is 12.7. The second-order valence-corrected chi connectivity index (χ2v) is 10.8. The van der Waals surface area contributed by atoms with Crippen LogP contribution in [0.5, 0.6) is 0 Å². The van der Waals surface area contributed by atoms with Gasteiger partial charge in [-0.25, -0.2) is 4.99 Å². The smallest absolute Gasteiger partial charge is 0.161 e. The Balaban J connectivity index is 1.28. The molecule has 0 unspecified atom stereocenters. The van der Waals surface area contributed by atoms with Gasteiger partial charge in [-0.1, -0.05) is 109 Å². The number of nitrogens with zero attached hydrogens (tertiary/aromatic N) is 2. The van der Waals surface area contributed by atoms with Crippen LogP contribution in [-0.4, -0.2) is 11.7 Å². The van der Waals surface area contributed by atoms with Crippen LogP contribution < -0.4 is 5.73 Å². The van der Waals surface area contributed by atoms with E-state index < -0.39 is 0 Å². The van der Waals surface area contributed by atoms with Crippen molar-refractivity contribution in [3.63, 3.8) is 0 Å². The van der Waals surface area contributed by atoms with Gasteiger partial charge in [-0.05, 0) is 47.0 Å². The van der Waals surface area contributed by atoms with E-state index in [1.807, 2.05) is 84.9 Å². The minimum Gasteiger partial charge on any atom is -0.456 e. The first-order chi connectivity index (χ1) is 21.7. The maximum absolute atomic E-state index is 6.86. The molecular weight excluding hydrogens is 542 g/mol. The lowest BCUT2D eigenvalue weighted by molar-refractivity contribution is 0.668. The van der Waals surface area contributed by atoms with E-state index in [9.17, 15) is 0 Å². The highest BCUT2D eigenvalue weighted by Crippen LogP contribution is 2.35. The third kappa shape index (κ3) is 4.52. The summed E-state index contributed by atoms with van der Waals surface area (Å²) in [6.07, 6.45) is 0. The number of aliphatic imine (C=N–C) groups is 2. The lowest BCUT2D eigenvalue weighted by atomic mass is 10.0. The van der Waals surface area contributed by atoms with E-state index in [1.54, 1.807) is 0 Å². The lowest BCUT2D eigenvalue weighted by Gasteiger charge is -2.08. The lowest BCUT2D eigenvalue weighted by Crippen LogP contribution is -2.17. The van der Waals surface area contributed by atoms with Crippen LogP contribution in [0, 0.1) is 0 Å². The fourth-order valence-electron chi connectivity index (χ4n) is 5.88. The average molecular weight is 570 g/mol. The number of benzene rings is 6. The second-order valence-electron chi connectivity index (χ2n) is 10.8. The van der Waals surface area contributed by atoms with Crippen molar-refractivity contribution in [3.8, 4) is 11.1 Å². The molecular formula is C39H27N3O2. The van der Waals surface area contributed by atoms with Crippen molar-refractivity contribution in [2.45, 2.75) is 6.54 Å². The Morgan fingerprint density at radius 2 is 1.25 bits per heavy atom. The van der Waals surface area contributed by atoms with Crippen LogP contribution >= 0.6 is 0 Å². The monoisotopic (exact) mass is 569 g/mol. The fraction of sp³-hybridized carbons (Fsp3) is 0.0256. The molecule has 2 heterocycles. The number of furan rings is 2. The minimum atomic E-state index is 0.352. The summed E-state index contributed by atoms with van der Waals surface area (Å²) in [5.41, 5.74) is 14.8. The van der Waals surface area contributed by atoms with Gasteiger partial charge in [-0.3, -0.25) is 4.99 Å². The molecule has 5 heteroatoms. The van der Waals surface area contributed by atoms with E-state index >= 15 is 0 Å². The average Bonchev–Trinajstić information content (AvgIpc) is 3.65. The van der Waals surface area contributed by atoms with Crippen LogP contribution in [0.3, 0.4) is 0 Å². The van der Waals surface area contributed by atoms with Gasteiger partial charge in [-0.2, -0.15) is 0 Å². The third-order valence-electron chi connectivity index (χ3n) is 8.01. The van der Waals surface area contributed by atoms with Crippen molar-refractivity contribution < 1.29 is 8.83 Å². The Labute approximate surface area is 253 Å². The topological polar surface area (TPSA) is 77.0 Å². The highest BCUT2D eigenvalue weighted by molar-refractivity contribution is 6.22. The Bertz CT molecular complexity index is 2360. The highest BCUT2D eigenvalue weighted by atomic mass is 16.3. The molecule has 2 N–H and O–H groups in total. The standard InChI is InChI=1S/C39H27N3O2/c40-38(31-17-10-20-34-36(31)30-22-21-27(23-35(30)43-34)26-13-5-2-6-14-26)42-39(41-24-25-11-3-1-4-12-25)32-18-9-16-29-28-15-7-8-19-33(28)44-37(29)32/h1-23H,24H2,(H2,40,41,42). The summed E-state index contributed by atoms with van der Waals surface area (Å²) in [6.45, 7) is 0.449. The van der Waals surface area contributed by atoms with Crippen LogP contribution in [0.25, 0.3) is 55.0 Å². The molecule has 0 spiro atoms. The zero-order valence-electron chi connectivity index (χ0n) is 23.8. The summed E-state index contributed by atoms with van der Waals surface area (Å²) in [7, 11) is 0. The van der Waals surface area contributed by atoms with Crippen LogP contribution in [0.1, 0.15) is 16.7 Å². The first kappa shape index (κ1) is 25.7. The molecule has 0 radical (unpaired) electrons. The molecule has 8 rings (SSSR count). The molecule has 0 amide bonds. The fourth-order valence-corrected chi connectivity index (χ4v) is 5.88. The number of amidine groups is 2. The Morgan fingerprint density at radius 1 is 0.545 bits per heavy atom. The summed E-state index contributed by atoms with van der Waals surface area (Å²) >= 11 is 0. The van der Waals surface area contributed by atoms with E-state index in [2.05, 4.69) is 54.6 Å². The first-order valence-electron chi connectivity index (χ1n) is 14.6. The molecule has 0 aliphatic carbocycles. The van der Waals surface area contributed by atoms with Gasteiger partial charge >= 0.3 is 0 Å². The third-order valence-corrected chi connectivity index (χ3v) is 8.01. The van der Waals surface area contributed by atoms with Crippen LogP contribution in [0.2, 0.25) is 0 Å². The maximum Gasteiger partial charge on any atom is 0.161 e. The van der Waals surface area contributed by atoms with Crippen LogP contribution in [0.15, 0.2) is 158 Å². The van der Waals surface area contributed by atoms with Crippen molar-refractivity contribution >= 4 is 55.5 Å². The van der Waals surface area contributed by atoms with Gasteiger partial charge in [0.05, 0.1) is 12.1 Å². The van der Waals surface area contributed by atoms with E-state index in [0.717, 1.165) is 71.7 Å². The molecule has 2 aromatic heterocycles.